The molecule has 2 N–H and O–H groups in total. The lowest BCUT2D eigenvalue weighted by Gasteiger charge is -2.17. The van der Waals surface area contributed by atoms with Crippen LogP contribution >= 0.6 is 0 Å². The van der Waals surface area contributed by atoms with Crippen LogP contribution in [-0.2, 0) is 12.7 Å². The normalized spacial score (nSPS) is 12.9. The van der Waals surface area contributed by atoms with Gasteiger partial charge in [-0.05, 0) is 0 Å². The van der Waals surface area contributed by atoms with Gasteiger partial charge in [-0.3, -0.25) is 0 Å². The van der Waals surface area contributed by atoms with Crippen molar-refractivity contribution in [1.82, 2.24) is 4.98 Å². The fourth-order valence-electron chi connectivity index (χ4n) is 1.41. The quantitative estimate of drug-likeness (QED) is 0.871. The Hall–Kier alpha value is -1.65. The highest BCUT2D eigenvalue weighted by Crippen LogP contribution is 2.40. The Labute approximate surface area is 106 Å². The minimum Gasteiger partial charge on any atom is -0.388 e. The van der Waals surface area contributed by atoms with Crippen LogP contribution in [0.3, 0.4) is 0 Å². The van der Waals surface area contributed by atoms with Crippen molar-refractivity contribution in [3.8, 4) is 5.88 Å². The summed E-state index contributed by atoms with van der Waals surface area (Å²) in [6.45, 7) is -0.983. The number of hydrogen-bond acceptors (Lipinski definition) is 3. The molecule has 114 valence electrons. The third-order valence-electron chi connectivity index (χ3n) is 2.03. The number of pyridine rings is 1. The summed E-state index contributed by atoms with van der Waals surface area (Å²) in [5, 5.41) is 0. The molecular formula is C9H6F8N2O. The van der Waals surface area contributed by atoms with Gasteiger partial charge in [-0.15, -0.1) is 13.2 Å². The first-order valence-corrected chi connectivity index (χ1v) is 4.80. The predicted octanol–water partition coefficient (Wildman–Crippen LogP) is 3.40. The Kier molecular flexibility index (Phi) is 4.42. The Morgan fingerprint density at radius 2 is 1.70 bits per heavy atom. The molecule has 0 amide bonds. The van der Waals surface area contributed by atoms with Crippen LogP contribution in [0.4, 0.5) is 35.1 Å². The topological polar surface area (TPSA) is 48.1 Å². The van der Waals surface area contributed by atoms with E-state index in [1.165, 1.54) is 0 Å². The Bertz CT molecular complexity index is 482. The number of ether oxygens (including phenoxy) is 1. The molecule has 1 heterocycles. The molecule has 0 radical (unpaired) electrons. The van der Waals surface area contributed by atoms with Crippen molar-refractivity contribution in [2.75, 3.05) is 0 Å². The molecule has 1 aromatic heterocycles. The predicted molar refractivity (Wildman–Crippen MR) is 48.8 cm³/mol. The highest BCUT2D eigenvalue weighted by Gasteiger charge is 2.40. The first-order valence-electron chi connectivity index (χ1n) is 4.80. The maximum atomic E-state index is 12.6. The summed E-state index contributed by atoms with van der Waals surface area (Å²) in [7, 11) is 0. The third kappa shape index (κ3) is 3.92. The Balaban J connectivity index is 3.47. The molecule has 0 saturated heterocycles. The van der Waals surface area contributed by atoms with Crippen LogP contribution in [0, 0.1) is 0 Å². The first kappa shape index (κ1) is 16.4. The van der Waals surface area contributed by atoms with E-state index in [1.807, 2.05) is 0 Å². The van der Waals surface area contributed by atoms with Gasteiger partial charge in [0.2, 0.25) is 5.88 Å². The highest BCUT2D eigenvalue weighted by atomic mass is 19.4. The lowest BCUT2D eigenvalue weighted by molar-refractivity contribution is -0.276. The minimum atomic E-state index is -5.28. The second kappa shape index (κ2) is 5.38. The van der Waals surface area contributed by atoms with E-state index in [2.05, 4.69) is 9.72 Å². The fraction of sp³-hybridized carbons (Fsp3) is 0.444. The average molecular weight is 310 g/mol. The number of halogens is 8. The minimum absolute atomic E-state index is 0.111. The summed E-state index contributed by atoms with van der Waals surface area (Å²) in [4.78, 5) is 2.87. The standard InChI is InChI=1S/C9H6F8N2O/c10-7(11)3-1-5(20-9(15,16)17)19-4(2-18)6(3)8(12,13)14/h1,7H,2,18H2. The van der Waals surface area contributed by atoms with Crippen molar-refractivity contribution in [2.24, 2.45) is 5.73 Å². The smallest absolute Gasteiger partial charge is 0.388 e. The second-order valence-electron chi connectivity index (χ2n) is 3.42. The summed E-state index contributed by atoms with van der Waals surface area (Å²) in [6.07, 6.45) is -14.2. The van der Waals surface area contributed by atoms with Gasteiger partial charge in [0.15, 0.2) is 0 Å². The van der Waals surface area contributed by atoms with E-state index in [-0.39, 0.29) is 6.07 Å². The van der Waals surface area contributed by atoms with Crippen molar-refractivity contribution in [3.63, 3.8) is 0 Å². The van der Waals surface area contributed by atoms with Crippen LogP contribution in [0.2, 0.25) is 0 Å². The van der Waals surface area contributed by atoms with Crippen molar-refractivity contribution >= 4 is 0 Å². The zero-order chi connectivity index (χ0) is 15.7. The van der Waals surface area contributed by atoms with Gasteiger partial charge in [-0.2, -0.15) is 13.2 Å². The summed E-state index contributed by atoms with van der Waals surface area (Å²) >= 11 is 0. The van der Waals surface area contributed by atoms with Crippen LogP contribution in [-0.4, -0.2) is 11.3 Å². The highest BCUT2D eigenvalue weighted by molar-refractivity contribution is 5.38. The largest absolute Gasteiger partial charge is 0.574 e. The number of nitrogens with two attached hydrogens (primary N) is 1. The van der Waals surface area contributed by atoms with E-state index in [0.29, 0.717) is 0 Å². The average Bonchev–Trinajstić information content (AvgIpc) is 2.23. The summed E-state index contributed by atoms with van der Waals surface area (Å²) in [5.41, 5.74) is 0.216. The lowest BCUT2D eigenvalue weighted by Crippen LogP contribution is -2.22. The van der Waals surface area contributed by atoms with Crippen molar-refractivity contribution in [1.29, 1.82) is 0 Å². The molecule has 0 aliphatic carbocycles. The van der Waals surface area contributed by atoms with Crippen LogP contribution in [0.5, 0.6) is 5.88 Å². The van der Waals surface area contributed by atoms with E-state index in [1.54, 1.807) is 0 Å². The lowest BCUT2D eigenvalue weighted by atomic mass is 10.1. The summed E-state index contributed by atoms with van der Waals surface area (Å²) in [6, 6.07) is -0.111. The molecule has 0 bridgehead atoms. The van der Waals surface area contributed by atoms with E-state index in [4.69, 9.17) is 5.73 Å². The molecule has 0 aliphatic heterocycles. The Morgan fingerprint density at radius 1 is 1.15 bits per heavy atom. The fourth-order valence-corrected chi connectivity index (χ4v) is 1.41. The van der Waals surface area contributed by atoms with Gasteiger partial charge in [-0.1, -0.05) is 0 Å². The second-order valence-corrected chi connectivity index (χ2v) is 3.42. The van der Waals surface area contributed by atoms with E-state index in [0.717, 1.165) is 0 Å². The monoisotopic (exact) mass is 310 g/mol. The first-order chi connectivity index (χ1) is 8.95. The van der Waals surface area contributed by atoms with Crippen LogP contribution < -0.4 is 10.5 Å². The van der Waals surface area contributed by atoms with E-state index < -0.39 is 48.2 Å². The molecule has 0 saturated carbocycles. The zero-order valence-electron chi connectivity index (χ0n) is 9.32. The number of rotatable bonds is 3. The Morgan fingerprint density at radius 3 is 2.05 bits per heavy atom. The van der Waals surface area contributed by atoms with Gasteiger partial charge in [-0.25, -0.2) is 13.8 Å². The molecule has 11 heteroatoms. The van der Waals surface area contributed by atoms with E-state index in [9.17, 15) is 35.1 Å². The number of aromatic nitrogens is 1. The maximum absolute atomic E-state index is 12.6. The van der Waals surface area contributed by atoms with Crippen LogP contribution in [0.15, 0.2) is 6.07 Å². The molecule has 3 nitrogen and oxygen atoms in total. The van der Waals surface area contributed by atoms with Gasteiger partial charge >= 0.3 is 12.5 Å². The van der Waals surface area contributed by atoms with Crippen LogP contribution in [0.1, 0.15) is 23.2 Å². The SMILES string of the molecule is NCc1nc(OC(F)(F)F)cc(C(F)F)c1C(F)(F)F. The molecule has 0 atom stereocenters. The molecule has 0 fully saturated rings. The number of alkyl halides is 8. The number of nitrogens with zero attached hydrogens (tertiary/aromatic N) is 1. The zero-order valence-corrected chi connectivity index (χ0v) is 9.32. The van der Waals surface area contributed by atoms with Crippen molar-refractivity contribution < 1.29 is 39.9 Å². The summed E-state index contributed by atoms with van der Waals surface area (Å²) < 4.78 is 102. The van der Waals surface area contributed by atoms with Crippen LogP contribution in [0.25, 0.3) is 0 Å². The van der Waals surface area contributed by atoms with E-state index >= 15 is 0 Å². The van der Waals surface area contributed by atoms with Crippen molar-refractivity contribution in [2.45, 2.75) is 25.5 Å². The van der Waals surface area contributed by atoms with Gasteiger partial charge in [0.05, 0.1) is 11.3 Å². The molecule has 0 spiro atoms. The molecule has 1 rings (SSSR count). The van der Waals surface area contributed by atoms with Gasteiger partial charge < -0.3 is 10.5 Å². The molecule has 1 aromatic rings. The van der Waals surface area contributed by atoms with Gasteiger partial charge in [0.1, 0.15) is 0 Å². The molecule has 0 aliphatic rings. The molecule has 0 aromatic carbocycles. The maximum Gasteiger partial charge on any atom is 0.574 e. The van der Waals surface area contributed by atoms with Crippen molar-refractivity contribution in [3.05, 3.63) is 22.9 Å². The molecule has 20 heavy (non-hydrogen) atoms. The molecular weight excluding hydrogens is 304 g/mol. The number of hydrogen-bond donors (Lipinski definition) is 1. The molecule has 0 unspecified atom stereocenters. The summed E-state index contributed by atoms with van der Waals surface area (Å²) in [5.74, 6) is -1.43. The van der Waals surface area contributed by atoms with Gasteiger partial charge in [0, 0.05) is 18.2 Å². The van der Waals surface area contributed by atoms with Gasteiger partial charge in [0.25, 0.3) is 6.43 Å². The third-order valence-corrected chi connectivity index (χ3v) is 2.03.